The smallest absolute Gasteiger partial charge is 0.313 e. The highest BCUT2D eigenvalue weighted by Crippen LogP contribution is 2.59. The number of rotatable bonds is 17. The number of amides is 3. The summed E-state index contributed by atoms with van der Waals surface area (Å²) in [5.74, 6) is -3.16. The number of ether oxygens (including phenoxy) is 2. The molecule has 3 aliphatic heterocycles. The van der Waals surface area contributed by atoms with Crippen molar-refractivity contribution in [2.24, 2.45) is 11.8 Å². The van der Waals surface area contributed by atoms with Crippen LogP contribution in [-0.4, -0.2) is 77.2 Å². The molecule has 10 nitrogen and oxygen atoms in total. The molecule has 3 aliphatic rings. The number of nitrogens with one attached hydrogen (secondary N) is 1. The fourth-order valence-corrected chi connectivity index (χ4v) is 8.05. The Morgan fingerprint density at radius 2 is 1.88 bits per heavy atom. The van der Waals surface area contributed by atoms with Gasteiger partial charge in [-0.15, -0.1) is 13.2 Å². The Morgan fingerprint density at radius 1 is 1.12 bits per heavy atom. The number of benzene rings is 2. The molecule has 7 atom stereocenters. The quantitative estimate of drug-likeness (QED) is 0.135. The zero-order chi connectivity index (χ0) is 36.0. The number of unbranched alkanes of at least 4 members (excludes halogenated alkanes) is 2. The third-order valence-corrected chi connectivity index (χ3v) is 10.4. The molecular formula is C40H51N3O7. The Hall–Kier alpha value is -4.28. The summed E-state index contributed by atoms with van der Waals surface area (Å²) in [4.78, 5) is 59.8. The molecule has 50 heavy (non-hydrogen) atoms. The third kappa shape index (κ3) is 7.28. The predicted molar refractivity (Wildman–Crippen MR) is 191 cm³/mol. The van der Waals surface area contributed by atoms with Gasteiger partial charge in [-0.3, -0.25) is 19.2 Å². The number of esters is 1. The van der Waals surface area contributed by atoms with Gasteiger partial charge in [-0.1, -0.05) is 54.6 Å². The molecule has 3 fully saturated rings. The number of anilines is 1. The zero-order valence-corrected chi connectivity index (χ0v) is 29.5. The second-order valence-corrected chi connectivity index (χ2v) is 13.9. The van der Waals surface area contributed by atoms with Gasteiger partial charge >= 0.3 is 5.97 Å². The average Bonchev–Trinajstić information content (AvgIpc) is 3.75. The molecule has 2 aromatic rings. The third-order valence-electron chi connectivity index (χ3n) is 10.4. The minimum Gasteiger partial charge on any atom is -0.455 e. The summed E-state index contributed by atoms with van der Waals surface area (Å²) in [5.41, 5.74) is 2.15. The van der Waals surface area contributed by atoms with E-state index >= 15 is 0 Å². The molecule has 10 heteroatoms. The van der Waals surface area contributed by atoms with E-state index in [1.165, 1.54) is 0 Å². The van der Waals surface area contributed by atoms with E-state index in [0.717, 1.165) is 16.8 Å². The van der Waals surface area contributed by atoms with Crippen LogP contribution in [0.15, 0.2) is 73.8 Å². The Labute approximate surface area is 295 Å². The fraction of sp³-hybridized carbons (Fsp3) is 0.500. The molecular weight excluding hydrogens is 634 g/mol. The number of allylic oxidation sites excluding steroid dienone is 1. The Kier molecular flexibility index (Phi) is 12.0. The molecule has 268 valence electrons. The van der Waals surface area contributed by atoms with Gasteiger partial charge in [-0.25, -0.2) is 0 Å². The molecule has 3 heterocycles. The first-order valence-electron chi connectivity index (χ1n) is 17.8. The van der Waals surface area contributed by atoms with E-state index in [0.29, 0.717) is 50.6 Å². The molecule has 1 spiro atoms. The minimum atomic E-state index is -1.20. The molecule has 0 aliphatic carbocycles. The lowest BCUT2D eigenvalue weighted by atomic mass is 9.70. The highest BCUT2D eigenvalue weighted by Gasteiger charge is 2.75. The van der Waals surface area contributed by atoms with Crippen molar-refractivity contribution in [1.29, 1.82) is 0 Å². The van der Waals surface area contributed by atoms with Crippen LogP contribution in [-0.2, 0) is 28.7 Å². The van der Waals surface area contributed by atoms with Crippen molar-refractivity contribution >= 4 is 29.4 Å². The lowest BCUT2D eigenvalue weighted by Gasteiger charge is -2.37. The standard InChI is InChI=1S/C40H51N3O7/c1-6-8-17-32(45)41-28(5)35(29-15-11-9-12-16-29)49-39(48)33-31-20-21-40(50-31)34(33)37(46)43(23-13-10-14-24-44)36(40)38(47)42(22-7-2)30-25-26(3)18-19-27(30)4/h6-7,9,11-12,15-16,18-19,25,28,31,33-36,44H,1-2,8,10,13-14,17,20-24H2,3-5H3,(H,41,45)/t28-,31-,33+,34+,35-,36-,40+/m1/s1. The maximum atomic E-state index is 14.9. The summed E-state index contributed by atoms with van der Waals surface area (Å²) in [7, 11) is 0. The summed E-state index contributed by atoms with van der Waals surface area (Å²) in [6.07, 6.45) is 5.51. The molecule has 0 aromatic heterocycles. The van der Waals surface area contributed by atoms with Crippen molar-refractivity contribution in [2.45, 2.75) is 95.6 Å². The first kappa shape index (κ1) is 37.0. The van der Waals surface area contributed by atoms with Crippen LogP contribution in [0.1, 0.15) is 74.7 Å². The van der Waals surface area contributed by atoms with Gasteiger partial charge in [0.25, 0.3) is 5.91 Å². The number of fused-ring (bicyclic) bond motifs is 1. The monoisotopic (exact) mass is 685 g/mol. The van der Waals surface area contributed by atoms with Crippen molar-refractivity contribution in [3.05, 3.63) is 90.5 Å². The van der Waals surface area contributed by atoms with Crippen molar-refractivity contribution in [1.82, 2.24) is 10.2 Å². The molecule has 3 amide bonds. The van der Waals surface area contributed by atoms with Crippen molar-refractivity contribution < 1.29 is 33.8 Å². The van der Waals surface area contributed by atoms with Crippen LogP contribution in [0.5, 0.6) is 0 Å². The number of carbonyl (C=O) groups is 4. The Bertz CT molecular complexity index is 1580. The van der Waals surface area contributed by atoms with Gasteiger partial charge in [-0.2, -0.15) is 0 Å². The molecule has 2 aromatic carbocycles. The number of likely N-dealkylation sites (tertiary alicyclic amines) is 1. The van der Waals surface area contributed by atoms with Gasteiger partial charge in [0.1, 0.15) is 17.7 Å². The van der Waals surface area contributed by atoms with Crippen molar-refractivity contribution in [2.75, 3.05) is 24.6 Å². The van der Waals surface area contributed by atoms with E-state index in [2.05, 4.69) is 18.5 Å². The number of aryl methyl sites for hydroxylation is 2. The van der Waals surface area contributed by atoms with Crippen LogP contribution >= 0.6 is 0 Å². The van der Waals surface area contributed by atoms with Gasteiger partial charge in [0.2, 0.25) is 11.8 Å². The van der Waals surface area contributed by atoms with Crippen LogP contribution in [0.2, 0.25) is 0 Å². The lowest BCUT2D eigenvalue weighted by Crippen LogP contribution is -2.56. The molecule has 0 unspecified atom stereocenters. The number of hydrogen-bond acceptors (Lipinski definition) is 7. The minimum absolute atomic E-state index is 0.0387. The van der Waals surface area contributed by atoms with Gasteiger partial charge in [0.15, 0.2) is 0 Å². The SMILES string of the molecule is C=CCCC(=O)N[C@H](C)[C@@H](OC(=O)[C@@H]1[C@H]2C(=O)N(CCCCCO)[C@H](C(=O)N(CC=C)c3cc(C)ccc3C)[C@]23CC[C@H]1O3)c1ccccc1. The molecule has 5 rings (SSSR count). The van der Waals surface area contributed by atoms with Crippen LogP contribution in [0, 0.1) is 25.7 Å². The van der Waals surface area contributed by atoms with Crippen LogP contribution in [0.4, 0.5) is 5.69 Å². The van der Waals surface area contributed by atoms with Gasteiger partial charge < -0.3 is 29.7 Å². The molecule has 0 radical (unpaired) electrons. The zero-order valence-electron chi connectivity index (χ0n) is 29.5. The highest BCUT2D eigenvalue weighted by atomic mass is 16.6. The van der Waals surface area contributed by atoms with Crippen molar-refractivity contribution in [3.8, 4) is 0 Å². The molecule has 3 saturated heterocycles. The van der Waals surface area contributed by atoms with E-state index < -0.39 is 47.7 Å². The summed E-state index contributed by atoms with van der Waals surface area (Å²) < 4.78 is 13.0. The van der Waals surface area contributed by atoms with Gasteiger partial charge in [-0.05, 0) is 82.1 Å². The Balaban J connectivity index is 1.48. The fourth-order valence-electron chi connectivity index (χ4n) is 8.05. The van der Waals surface area contributed by atoms with Crippen molar-refractivity contribution in [3.63, 3.8) is 0 Å². The second kappa shape index (κ2) is 16.2. The predicted octanol–water partition coefficient (Wildman–Crippen LogP) is 5.12. The topological polar surface area (TPSA) is 125 Å². The maximum Gasteiger partial charge on any atom is 0.313 e. The van der Waals surface area contributed by atoms with E-state index in [1.807, 2.05) is 62.4 Å². The van der Waals surface area contributed by atoms with E-state index in [1.54, 1.807) is 28.9 Å². The van der Waals surface area contributed by atoms with Crippen LogP contribution in [0.25, 0.3) is 0 Å². The molecule has 0 saturated carbocycles. The van der Waals surface area contributed by atoms with E-state index in [9.17, 15) is 24.3 Å². The van der Waals surface area contributed by atoms with Crippen LogP contribution < -0.4 is 10.2 Å². The van der Waals surface area contributed by atoms with E-state index in [-0.39, 0.29) is 37.3 Å². The number of nitrogens with zero attached hydrogens (tertiary/aromatic N) is 2. The summed E-state index contributed by atoms with van der Waals surface area (Å²) in [5, 5.41) is 12.4. The molecule has 2 bridgehead atoms. The average molecular weight is 686 g/mol. The number of aliphatic hydroxyl groups excluding tert-OH is 1. The highest BCUT2D eigenvalue weighted by molar-refractivity contribution is 6.05. The number of aliphatic hydroxyl groups is 1. The largest absolute Gasteiger partial charge is 0.455 e. The normalized spacial score (nSPS) is 24.7. The van der Waals surface area contributed by atoms with E-state index in [4.69, 9.17) is 9.47 Å². The van der Waals surface area contributed by atoms with Crippen LogP contribution in [0.3, 0.4) is 0 Å². The first-order chi connectivity index (χ1) is 24.1. The summed E-state index contributed by atoms with van der Waals surface area (Å²) in [6.45, 7) is 13.9. The summed E-state index contributed by atoms with van der Waals surface area (Å²) in [6, 6.07) is 13.6. The number of carbonyl (C=O) groups excluding carboxylic acids is 4. The summed E-state index contributed by atoms with van der Waals surface area (Å²) >= 11 is 0. The first-order valence-corrected chi connectivity index (χ1v) is 17.8. The maximum absolute atomic E-state index is 14.9. The Morgan fingerprint density at radius 3 is 2.58 bits per heavy atom. The van der Waals surface area contributed by atoms with Gasteiger partial charge in [0.05, 0.1) is 24.0 Å². The molecule has 2 N–H and O–H groups in total. The van der Waals surface area contributed by atoms with Gasteiger partial charge in [0, 0.05) is 31.8 Å². The second-order valence-electron chi connectivity index (χ2n) is 13.9. The number of hydrogen-bond donors (Lipinski definition) is 2. The lowest BCUT2D eigenvalue weighted by molar-refractivity contribution is -0.162.